The van der Waals surface area contributed by atoms with Crippen molar-refractivity contribution in [2.45, 2.75) is 32.6 Å². The highest BCUT2D eigenvalue weighted by atomic mass is 16.3. The van der Waals surface area contributed by atoms with Gasteiger partial charge in [-0.15, -0.1) is 0 Å². The summed E-state index contributed by atoms with van der Waals surface area (Å²) in [7, 11) is 0. The molecule has 4 rings (SSSR count). The molecule has 0 atom stereocenters. The Bertz CT molecular complexity index is 1120. The van der Waals surface area contributed by atoms with E-state index in [1.165, 1.54) is 0 Å². The third kappa shape index (κ3) is 6.94. The molecule has 2 N–H and O–H groups in total. The topological polar surface area (TPSA) is 108 Å². The molecule has 0 bridgehead atoms. The van der Waals surface area contributed by atoms with E-state index in [2.05, 4.69) is 30.5 Å². The number of hydrogen-bond acceptors (Lipinski definition) is 6. The van der Waals surface area contributed by atoms with Crippen LogP contribution in [0.2, 0.25) is 0 Å². The molecule has 0 aliphatic rings. The molecule has 0 aliphatic heterocycles. The molecule has 0 saturated heterocycles. The zero-order valence-corrected chi connectivity index (χ0v) is 18.8. The predicted octanol–water partition coefficient (Wildman–Crippen LogP) is 3.76. The number of nitrogens with one attached hydrogen (secondary N) is 2. The van der Waals surface area contributed by atoms with Crippen LogP contribution in [-0.4, -0.2) is 37.1 Å². The smallest absolute Gasteiger partial charge is 0.246 e. The van der Waals surface area contributed by atoms with Crippen LogP contribution in [0.4, 0.5) is 5.69 Å². The number of amides is 1. The van der Waals surface area contributed by atoms with Gasteiger partial charge in [0, 0.05) is 43.9 Å². The minimum atomic E-state index is -0.121. The number of rotatable bonds is 12. The average Bonchev–Trinajstić information content (AvgIpc) is 2.83. The summed E-state index contributed by atoms with van der Waals surface area (Å²) in [6, 6.07) is 19.2. The average molecular weight is 458 g/mol. The van der Waals surface area contributed by atoms with Gasteiger partial charge >= 0.3 is 0 Å². The number of anilines is 1. The Morgan fingerprint density at radius 3 is 2.15 bits per heavy atom. The van der Waals surface area contributed by atoms with E-state index in [0.717, 1.165) is 28.3 Å². The van der Waals surface area contributed by atoms with Crippen LogP contribution in [0.25, 0.3) is 0 Å². The van der Waals surface area contributed by atoms with Crippen molar-refractivity contribution >= 4 is 11.6 Å². The molecule has 3 heterocycles. The number of nitroso groups, excluding NO2 is 1. The summed E-state index contributed by atoms with van der Waals surface area (Å²) in [5, 5.41) is 8.99. The highest BCUT2D eigenvalue weighted by molar-refractivity contribution is 5.90. The van der Waals surface area contributed by atoms with Crippen molar-refractivity contribution < 1.29 is 4.79 Å². The fourth-order valence-electron chi connectivity index (χ4n) is 3.66. The fourth-order valence-corrected chi connectivity index (χ4v) is 3.66. The number of benzene rings is 1. The first-order valence-corrected chi connectivity index (χ1v) is 11.1. The summed E-state index contributed by atoms with van der Waals surface area (Å²) < 4.78 is 1.76. The van der Waals surface area contributed by atoms with E-state index >= 15 is 0 Å². The largest absolute Gasteiger partial charge is 0.324 e. The van der Waals surface area contributed by atoms with Crippen LogP contribution in [0.1, 0.15) is 22.6 Å². The first-order valence-electron chi connectivity index (χ1n) is 11.1. The van der Waals surface area contributed by atoms with Gasteiger partial charge in [-0.05, 0) is 48.4 Å². The summed E-state index contributed by atoms with van der Waals surface area (Å²) in [6.45, 7) is 2.51. The van der Waals surface area contributed by atoms with Crippen LogP contribution in [0.5, 0.6) is 0 Å². The molecule has 0 aliphatic carbocycles. The minimum absolute atomic E-state index is 0.121. The number of H-pyrrole nitrogens is 1. The van der Waals surface area contributed by atoms with Crippen LogP contribution in [0.15, 0.2) is 84.4 Å². The molecular formula is C25H27N7O2. The number of carbonyl (C=O) groups is 1. The summed E-state index contributed by atoms with van der Waals surface area (Å²) in [6.07, 6.45) is 6.14. The van der Waals surface area contributed by atoms with E-state index < -0.39 is 0 Å². The number of aromatic nitrogens is 4. The lowest BCUT2D eigenvalue weighted by molar-refractivity contribution is -0.117. The van der Waals surface area contributed by atoms with Gasteiger partial charge in [0.25, 0.3) is 0 Å². The third-order valence-electron chi connectivity index (χ3n) is 5.26. The molecule has 0 saturated carbocycles. The van der Waals surface area contributed by atoms with Gasteiger partial charge in [0.05, 0.1) is 23.6 Å². The lowest BCUT2D eigenvalue weighted by Gasteiger charge is -2.24. The van der Waals surface area contributed by atoms with Gasteiger partial charge < -0.3 is 5.32 Å². The quantitative estimate of drug-likeness (QED) is 0.315. The Hall–Kier alpha value is -4.11. The van der Waals surface area contributed by atoms with E-state index in [9.17, 15) is 9.70 Å². The van der Waals surface area contributed by atoms with Gasteiger partial charge in [-0.25, -0.2) is 0 Å². The summed E-state index contributed by atoms with van der Waals surface area (Å²) in [5.74, 6) is -0.121. The normalized spacial score (nSPS) is 11.0. The number of pyridine rings is 2. The molecule has 0 fully saturated rings. The van der Waals surface area contributed by atoms with Gasteiger partial charge in [-0.1, -0.05) is 29.4 Å². The predicted molar refractivity (Wildman–Crippen MR) is 130 cm³/mol. The number of aromatic amines is 1. The van der Waals surface area contributed by atoms with Gasteiger partial charge in [-0.3, -0.25) is 29.4 Å². The summed E-state index contributed by atoms with van der Waals surface area (Å²) in [4.78, 5) is 33.8. The van der Waals surface area contributed by atoms with Gasteiger partial charge in [0.1, 0.15) is 6.54 Å². The van der Waals surface area contributed by atoms with Crippen molar-refractivity contribution in [3.63, 3.8) is 0 Å². The molecule has 1 amide bonds. The molecule has 1 aromatic carbocycles. The fraction of sp³-hybridized carbons (Fsp3) is 0.240. The lowest BCUT2D eigenvalue weighted by atomic mass is 10.1. The van der Waals surface area contributed by atoms with E-state index in [4.69, 9.17) is 0 Å². The van der Waals surface area contributed by atoms with Gasteiger partial charge in [0.2, 0.25) is 5.91 Å². The summed E-state index contributed by atoms with van der Waals surface area (Å²) in [5.41, 5.74) is 4.73. The highest BCUT2D eigenvalue weighted by Crippen LogP contribution is 2.13. The van der Waals surface area contributed by atoms with E-state index in [-0.39, 0.29) is 19.0 Å². The Kier molecular flexibility index (Phi) is 7.91. The Morgan fingerprint density at radius 1 is 0.941 bits per heavy atom. The van der Waals surface area contributed by atoms with Crippen LogP contribution in [0.3, 0.4) is 0 Å². The molecule has 4 aromatic rings. The second kappa shape index (κ2) is 11.7. The van der Waals surface area contributed by atoms with Gasteiger partial charge in [0.15, 0.2) is 0 Å². The Labute approximate surface area is 197 Å². The maximum Gasteiger partial charge on any atom is 0.246 e. The number of nitrogens with zero attached hydrogens (tertiary/aromatic N) is 5. The van der Waals surface area contributed by atoms with Crippen molar-refractivity contribution in [3.8, 4) is 0 Å². The van der Waals surface area contributed by atoms with E-state index in [0.29, 0.717) is 26.1 Å². The molecular weight excluding hydrogens is 430 g/mol. The van der Waals surface area contributed by atoms with Crippen LogP contribution in [0, 0.1) is 4.91 Å². The van der Waals surface area contributed by atoms with Crippen LogP contribution >= 0.6 is 0 Å². The van der Waals surface area contributed by atoms with E-state index in [1.54, 1.807) is 17.1 Å². The maximum absolute atomic E-state index is 12.4. The molecule has 9 heteroatoms. The molecule has 0 spiro atoms. The molecule has 0 unspecified atom stereocenters. The standard InChI is InChI=1S/C25H27N7O2/c33-25(29-21-9-7-20(8-10-21)11-14-28-34)19-32-18-24(30-32)17-31(15-22-5-1-3-12-26-22)16-23-6-2-4-13-27-23/h1-10,12-13,18,30H,11,14-17,19H2,(H,29,33). The lowest BCUT2D eigenvalue weighted by Crippen LogP contribution is -2.28. The van der Waals surface area contributed by atoms with Gasteiger partial charge in [-0.2, -0.15) is 4.91 Å². The minimum Gasteiger partial charge on any atom is -0.324 e. The summed E-state index contributed by atoms with van der Waals surface area (Å²) >= 11 is 0. The number of hydrogen-bond donors (Lipinski definition) is 2. The van der Waals surface area contributed by atoms with Crippen molar-refractivity contribution in [3.05, 3.63) is 107 Å². The van der Waals surface area contributed by atoms with Crippen molar-refractivity contribution in [2.24, 2.45) is 5.18 Å². The third-order valence-corrected chi connectivity index (χ3v) is 5.26. The zero-order chi connectivity index (χ0) is 23.6. The number of carbonyl (C=O) groups excluding carboxylic acids is 1. The molecule has 9 nitrogen and oxygen atoms in total. The van der Waals surface area contributed by atoms with Crippen LogP contribution in [-0.2, 0) is 37.4 Å². The zero-order valence-electron chi connectivity index (χ0n) is 18.8. The first kappa shape index (κ1) is 23.1. The van der Waals surface area contributed by atoms with Crippen molar-refractivity contribution in [1.29, 1.82) is 0 Å². The van der Waals surface area contributed by atoms with Crippen LogP contribution < -0.4 is 5.32 Å². The Balaban J connectivity index is 1.30. The molecule has 3 aromatic heterocycles. The first-order chi connectivity index (χ1) is 16.7. The van der Waals surface area contributed by atoms with Crippen molar-refractivity contribution in [2.75, 3.05) is 11.9 Å². The maximum atomic E-state index is 12.4. The SMILES string of the molecule is O=NCCc1ccc(NC(=O)Cn2cc(CN(Cc3ccccn3)Cc3ccccn3)[nH]2)cc1. The molecule has 174 valence electrons. The monoisotopic (exact) mass is 457 g/mol. The highest BCUT2D eigenvalue weighted by Gasteiger charge is 2.14. The second-order valence-corrected chi connectivity index (χ2v) is 8.03. The second-order valence-electron chi connectivity index (χ2n) is 8.03. The Morgan fingerprint density at radius 2 is 1.59 bits per heavy atom. The molecule has 0 radical (unpaired) electrons. The van der Waals surface area contributed by atoms with E-state index in [1.807, 2.05) is 66.9 Å². The molecule has 34 heavy (non-hydrogen) atoms. The van der Waals surface area contributed by atoms with Crippen molar-refractivity contribution in [1.82, 2.24) is 24.6 Å².